The predicted octanol–water partition coefficient (Wildman–Crippen LogP) is 1.95. The number of carboxylic acids is 1. The molecule has 20 heavy (non-hydrogen) atoms. The highest BCUT2D eigenvalue weighted by atomic mass is 16.4. The summed E-state index contributed by atoms with van der Waals surface area (Å²) in [5.41, 5.74) is 2.40. The lowest BCUT2D eigenvalue weighted by Gasteiger charge is -2.12. The minimum atomic E-state index is -0.882. The van der Waals surface area contributed by atoms with Gasteiger partial charge in [-0.2, -0.15) is 0 Å². The fourth-order valence-corrected chi connectivity index (χ4v) is 1.89. The van der Waals surface area contributed by atoms with Crippen molar-refractivity contribution in [2.45, 2.75) is 26.7 Å². The van der Waals surface area contributed by atoms with Gasteiger partial charge in [0, 0.05) is 13.1 Å². The summed E-state index contributed by atoms with van der Waals surface area (Å²) in [5.74, 6) is -1.41. The first-order valence-corrected chi connectivity index (χ1v) is 6.83. The Morgan fingerprint density at radius 2 is 1.95 bits per heavy atom. The van der Waals surface area contributed by atoms with Crippen LogP contribution in [0, 0.1) is 12.8 Å². The van der Waals surface area contributed by atoms with Crippen molar-refractivity contribution in [3.05, 3.63) is 35.4 Å². The van der Waals surface area contributed by atoms with Crippen molar-refractivity contribution in [1.82, 2.24) is 10.6 Å². The van der Waals surface area contributed by atoms with Crippen LogP contribution in [-0.4, -0.2) is 30.2 Å². The average molecular weight is 278 g/mol. The van der Waals surface area contributed by atoms with Crippen LogP contribution in [0.5, 0.6) is 0 Å². The van der Waals surface area contributed by atoms with E-state index in [1.807, 2.05) is 31.2 Å². The van der Waals surface area contributed by atoms with E-state index in [0.29, 0.717) is 13.0 Å². The molecule has 0 aliphatic rings. The van der Waals surface area contributed by atoms with Gasteiger partial charge in [-0.1, -0.05) is 31.2 Å². The molecule has 1 aromatic rings. The van der Waals surface area contributed by atoms with E-state index in [2.05, 4.69) is 10.6 Å². The number of carbonyl (C=O) groups excluding carboxylic acids is 1. The lowest BCUT2D eigenvalue weighted by Crippen LogP contribution is -2.40. The number of amides is 2. The third kappa shape index (κ3) is 5.30. The number of benzene rings is 1. The van der Waals surface area contributed by atoms with Gasteiger partial charge in [0.2, 0.25) is 0 Å². The average Bonchev–Trinajstić information content (AvgIpc) is 2.41. The number of carboxylic acid groups (broad SMARTS) is 1. The van der Waals surface area contributed by atoms with Crippen LogP contribution in [0.2, 0.25) is 0 Å². The van der Waals surface area contributed by atoms with E-state index in [4.69, 9.17) is 5.11 Å². The molecule has 5 nitrogen and oxygen atoms in total. The fraction of sp³-hybridized carbons (Fsp3) is 0.467. The van der Waals surface area contributed by atoms with Crippen molar-refractivity contribution in [3.8, 4) is 0 Å². The number of carbonyl (C=O) groups is 2. The zero-order chi connectivity index (χ0) is 15.0. The van der Waals surface area contributed by atoms with Crippen LogP contribution < -0.4 is 10.6 Å². The molecule has 0 radical (unpaired) electrons. The highest BCUT2D eigenvalue weighted by Crippen LogP contribution is 2.06. The maximum absolute atomic E-state index is 11.5. The quantitative estimate of drug-likeness (QED) is 0.713. The second-order valence-corrected chi connectivity index (χ2v) is 4.76. The molecule has 1 aromatic carbocycles. The smallest absolute Gasteiger partial charge is 0.314 e. The molecule has 5 heteroatoms. The van der Waals surface area contributed by atoms with Gasteiger partial charge in [0.25, 0.3) is 0 Å². The van der Waals surface area contributed by atoms with E-state index < -0.39 is 11.9 Å². The van der Waals surface area contributed by atoms with Crippen LogP contribution in [0.1, 0.15) is 24.5 Å². The topological polar surface area (TPSA) is 78.4 Å². The Balaban J connectivity index is 2.27. The molecule has 0 bridgehead atoms. The van der Waals surface area contributed by atoms with Gasteiger partial charge in [-0.15, -0.1) is 0 Å². The number of aliphatic carboxylic acids is 1. The lowest BCUT2D eigenvalue weighted by molar-refractivity contribution is -0.141. The van der Waals surface area contributed by atoms with Gasteiger partial charge >= 0.3 is 12.0 Å². The minimum absolute atomic E-state index is 0.155. The summed E-state index contributed by atoms with van der Waals surface area (Å²) in [6.45, 7) is 4.51. The van der Waals surface area contributed by atoms with Crippen LogP contribution in [0.4, 0.5) is 4.79 Å². The first-order chi connectivity index (χ1) is 9.54. The van der Waals surface area contributed by atoms with Crippen LogP contribution in [-0.2, 0) is 11.2 Å². The highest BCUT2D eigenvalue weighted by molar-refractivity contribution is 5.75. The molecule has 110 valence electrons. The van der Waals surface area contributed by atoms with Gasteiger partial charge in [0.1, 0.15) is 0 Å². The molecule has 0 aliphatic carbocycles. The van der Waals surface area contributed by atoms with Crippen LogP contribution in [0.3, 0.4) is 0 Å². The summed E-state index contributed by atoms with van der Waals surface area (Å²) >= 11 is 0. The summed E-state index contributed by atoms with van der Waals surface area (Å²) < 4.78 is 0. The molecule has 0 heterocycles. The third-order valence-corrected chi connectivity index (χ3v) is 3.29. The van der Waals surface area contributed by atoms with E-state index in [9.17, 15) is 9.59 Å². The Morgan fingerprint density at radius 3 is 2.55 bits per heavy atom. The van der Waals surface area contributed by atoms with Crippen LogP contribution in [0.25, 0.3) is 0 Å². The van der Waals surface area contributed by atoms with Gasteiger partial charge < -0.3 is 15.7 Å². The fourth-order valence-electron chi connectivity index (χ4n) is 1.89. The molecule has 0 spiro atoms. The first-order valence-electron chi connectivity index (χ1n) is 6.83. The Bertz CT molecular complexity index is 460. The highest BCUT2D eigenvalue weighted by Gasteiger charge is 2.15. The van der Waals surface area contributed by atoms with Gasteiger partial charge in [0.05, 0.1) is 5.92 Å². The van der Waals surface area contributed by atoms with E-state index in [1.54, 1.807) is 6.92 Å². The molecule has 0 fully saturated rings. The van der Waals surface area contributed by atoms with Crippen molar-refractivity contribution in [2.75, 3.05) is 13.1 Å². The van der Waals surface area contributed by atoms with Gasteiger partial charge in [0.15, 0.2) is 0 Å². The molecular weight excluding hydrogens is 256 g/mol. The Labute approximate surface area is 119 Å². The first kappa shape index (κ1) is 16.0. The van der Waals surface area contributed by atoms with Gasteiger partial charge in [-0.25, -0.2) is 4.79 Å². The molecule has 0 saturated carbocycles. The lowest BCUT2D eigenvalue weighted by atomic mass is 10.1. The standard InChI is InChI=1S/C15H22N2O3/c1-3-12(14(18)19)10-17-15(20)16-9-8-13-7-5-4-6-11(13)2/h4-7,12H,3,8-10H2,1-2H3,(H,18,19)(H2,16,17,20). The summed E-state index contributed by atoms with van der Waals surface area (Å²) in [6.07, 6.45) is 1.26. The Hall–Kier alpha value is -2.04. The molecule has 0 aromatic heterocycles. The van der Waals surface area contributed by atoms with E-state index in [0.717, 1.165) is 6.42 Å². The molecule has 0 saturated heterocycles. The Kier molecular flexibility index (Phi) is 6.56. The van der Waals surface area contributed by atoms with Gasteiger partial charge in [-0.3, -0.25) is 4.79 Å². The third-order valence-electron chi connectivity index (χ3n) is 3.29. The molecule has 1 unspecified atom stereocenters. The maximum Gasteiger partial charge on any atom is 0.314 e. The van der Waals surface area contributed by atoms with Crippen molar-refractivity contribution in [3.63, 3.8) is 0 Å². The SMILES string of the molecule is CCC(CNC(=O)NCCc1ccccc1C)C(=O)O. The number of aryl methyl sites for hydroxylation is 1. The van der Waals surface area contributed by atoms with E-state index in [-0.39, 0.29) is 12.6 Å². The van der Waals surface area contributed by atoms with Crippen molar-refractivity contribution in [1.29, 1.82) is 0 Å². The van der Waals surface area contributed by atoms with Crippen LogP contribution >= 0.6 is 0 Å². The van der Waals surface area contributed by atoms with Crippen molar-refractivity contribution in [2.24, 2.45) is 5.92 Å². The Morgan fingerprint density at radius 1 is 1.25 bits per heavy atom. The largest absolute Gasteiger partial charge is 0.481 e. The maximum atomic E-state index is 11.5. The molecule has 2 amide bonds. The second-order valence-electron chi connectivity index (χ2n) is 4.76. The number of nitrogens with one attached hydrogen (secondary N) is 2. The normalized spacial score (nSPS) is 11.7. The van der Waals surface area contributed by atoms with E-state index >= 15 is 0 Å². The summed E-state index contributed by atoms with van der Waals surface area (Å²) in [4.78, 5) is 22.4. The number of hydrogen-bond acceptors (Lipinski definition) is 2. The summed E-state index contributed by atoms with van der Waals surface area (Å²) in [7, 11) is 0. The van der Waals surface area contributed by atoms with Crippen molar-refractivity contribution < 1.29 is 14.7 Å². The molecule has 1 atom stereocenters. The van der Waals surface area contributed by atoms with E-state index in [1.165, 1.54) is 11.1 Å². The number of hydrogen-bond donors (Lipinski definition) is 3. The predicted molar refractivity (Wildman–Crippen MR) is 77.7 cm³/mol. The molecular formula is C15H22N2O3. The zero-order valence-electron chi connectivity index (χ0n) is 12.0. The minimum Gasteiger partial charge on any atom is -0.481 e. The zero-order valence-corrected chi connectivity index (χ0v) is 12.0. The van der Waals surface area contributed by atoms with Crippen molar-refractivity contribution >= 4 is 12.0 Å². The second kappa shape index (κ2) is 8.19. The summed E-state index contributed by atoms with van der Waals surface area (Å²) in [6, 6.07) is 7.70. The monoisotopic (exact) mass is 278 g/mol. The number of rotatable bonds is 7. The molecule has 1 rings (SSSR count). The number of urea groups is 1. The van der Waals surface area contributed by atoms with Gasteiger partial charge in [-0.05, 0) is 30.9 Å². The molecule has 3 N–H and O–H groups in total. The summed E-state index contributed by atoms with van der Waals surface area (Å²) in [5, 5.41) is 14.2. The van der Waals surface area contributed by atoms with Crippen LogP contribution in [0.15, 0.2) is 24.3 Å². The molecule has 0 aliphatic heterocycles.